The van der Waals surface area contributed by atoms with Crippen LogP contribution in [0.1, 0.15) is 22.8 Å². The van der Waals surface area contributed by atoms with Gasteiger partial charge in [-0.2, -0.15) is 0 Å². The second-order valence-corrected chi connectivity index (χ2v) is 6.59. The predicted octanol–water partition coefficient (Wildman–Crippen LogP) is 2.27. The van der Waals surface area contributed by atoms with Crippen LogP contribution in [0.3, 0.4) is 0 Å². The Kier molecular flexibility index (Phi) is 6.58. The molecule has 1 aliphatic rings. The highest BCUT2D eigenvalue weighted by Gasteiger charge is 2.50. The van der Waals surface area contributed by atoms with Crippen LogP contribution in [0.2, 0.25) is 0 Å². The number of imide groups is 1. The van der Waals surface area contributed by atoms with Crippen LogP contribution in [0, 0.1) is 0 Å². The Balaban J connectivity index is 1.89. The van der Waals surface area contributed by atoms with Crippen molar-refractivity contribution >= 4 is 24.0 Å². The average Bonchev–Trinajstić information content (AvgIpc) is 3.00. The lowest BCUT2D eigenvalue weighted by Crippen LogP contribution is -2.47. The Labute approximate surface area is 174 Å². The Morgan fingerprint density at radius 1 is 1.10 bits per heavy atom. The highest BCUT2D eigenvalue weighted by atomic mass is 16.5. The highest BCUT2D eigenvalue weighted by Crippen LogP contribution is 2.25. The molecule has 2 aromatic carbocycles. The van der Waals surface area contributed by atoms with Crippen molar-refractivity contribution in [1.29, 1.82) is 0 Å². The maximum atomic E-state index is 13.1. The molecule has 0 saturated carbocycles. The molecule has 1 heterocycles. The molecule has 1 aliphatic heterocycles. The molecule has 0 bridgehead atoms. The molecule has 2 aromatic rings. The summed E-state index contributed by atoms with van der Waals surface area (Å²) < 4.78 is 10.5. The molecule has 0 spiro atoms. The van der Waals surface area contributed by atoms with Gasteiger partial charge in [-0.25, -0.2) is 9.69 Å². The lowest BCUT2D eigenvalue weighted by Gasteiger charge is -2.22. The fourth-order valence-corrected chi connectivity index (χ4v) is 3.26. The molecule has 2 unspecified atom stereocenters. The maximum absolute atomic E-state index is 13.1. The lowest BCUT2D eigenvalue weighted by molar-refractivity contribution is -0.143. The third kappa shape index (κ3) is 4.08. The van der Waals surface area contributed by atoms with E-state index in [1.54, 1.807) is 19.1 Å². The van der Waals surface area contributed by atoms with E-state index in [4.69, 9.17) is 9.47 Å². The van der Waals surface area contributed by atoms with Crippen molar-refractivity contribution in [3.05, 3.63) is 65.7 Å². The largest absolute Gasteiger partial charge is 0.497 e. The first-order valence-electron chi connectivity index (χ1n) is 9.44. The molecule has 0 radical (unpaired) electrons. The highest BCUT2D eigenvalue weighted by molar-refractivity contribution is 6.16. The summed E-state index contributed by atoms with van der Waals surface area (Å²) in [6.07, 6.45) is -0.897. The van der Waals surface area contributed by atoms with Crippen LogP contribution in [0.4, 0.5) is 4.79 Å². The summed E-state index contributed by atoms with van der Waals surface area (Å²) in [4.78, 5) is 52.6. The normalized spacial score (nSPS) is 17.2. The van der Waals surface area contributed by atoms with E-state index in [-0.39, 0.29) is 18.7 Å². The van der Waals surface area contributed by atoms with Crippen LogP contribution >= 0.6 is 0 Å². The van der Waals surface area contributed by atoms with E-state index in [1.807, 2.05) is 30.3 Å². The van der Waals surface area contributed by atoms with Crippen LogP contribution < -0.4 is 4.74 Å². The molecule has 0 aromatic heterocycles. The van der Waals surface area contributed by atoms with Gasteiger partial charge in [0.05, 0.1) is 13.7 Å². The summed E-state index contributed by atoms with van der Waals surface area (Å²) in [5.74, 6) is -0.865. The van der Waals surface area contributed by atoms with E-state index in [9.17, 15) is 19.2 Å². The molecule has 1 saturated heterocycles. The molecular weight excluding hydrogens is 388 g/mol. The third-order valence-corrected chi connectivity index (χ3v) is 4.75. The van der Waals surface area contributed by atoms with Gasteiger partial charge in [-0.05, 0) is 36.8 Å². The van der Waals surface area contributed by atoms with Crippen molar-refractivity contribution in [1.82, 2.24) is 9.80 Å². The Morgan fingerprint density at radius 2 is 1.77 bits per heavy atom. The number of aldehydes is 1. The summed E-state index contributed by atoms with van der Waals surface area (Å²) >= 11 is 0. The van der Waals surface area contributed by atoms with Crippen molar-refractivity contribution in [2.45, 2.75) is 25.7 Å². The Hall–Kier alpha value is -3.52. The summed E-state index contributed by atoms with van der Waals surface area (Å²) in [6, 6.07) is 12.8. The zero-order valence-electron chi connectivity index (χ0n) is 16.7. The number of nitrogens with zero attached hydrogens (tertiary/aromatic N) is 2. The van der Waals surface area contributed by atoms with Gasteiger partial charge in [0.25, 0.3) is 5.91 Å². The standard InChI is InChI=1S/C22H22N2O6/c1-3-30-21-20(27)24(22(28)23(21)13-15-7-5-4-6-8-15)18(14-25)19(26)16-9-11-17(29-2)12-10-16/h4-12,14,18,21H,3,13H2,1-2H3. The van der Waals surface area contributed by atoms with Crippen LogP contribution in [-0.2, 0) is 20.9 Å². The van der Waals surface area contributed by atoms with Gasteiger partial charge in [0.2, 0.25) is 6.23 Å². The molecule has 2 atom stereocenters. The quantitative estimate of drug-likeness (QED) is 0.273. The van der Waals surface area contributed by atoms with Gasteiger partial charge in [-0.1, -0.05) is 30.3 Å². The minimum atomic E-state index is -1.58. The van der Waals surface area contributed by atoms with E-state index in [0.29, 0.717) is 16.9 Å². The number of ketones is 1. The van der Waals surface area contributed by atoms with Crippen LogP contribution in [0.15, 0.2) is 54.6 Å². The number of Topliss-reactive ketones (excluding diaryl/α,β-unsaturated/α-hetero) is 1. The number of amides is 3. The number of rotatable bonds is 9. The van der Waals surface area contributed by atoms with Crippen LogP contribution in [0.25, 0.3) is 0 Å². The molecule has 0 aliphatic carbocycles. The van der Waals surface area contributed by atoms with Crippen molar-refractivity contribution in [2.24, 2.45) is 0 Å². The van der Waals surface area contributed by atoms with E-state index in [2.05, 4.69) is 0 Å². The maximum Gasteiger partial charge on any atom is 0.330 e. The Morgan fingerprint density at radius 3 is 2.33 bits per heavy atom. The second kappa shape index (κ2) is 9.32. The number of hydrogen-bond donors (Lipinski definition) is 0. The minimum Gasteiger partial charge on any atom is -0.497 e. The zero-order valence-corrected chi connectivity index (χ0v) is 16.7. The summed E-state index contributed by atoms with van der Waals surface area (Å²) in [5, 5.41) is 0. The fourth-order valence-electron chi connectivity index (χ4n) is 3.26. The van der Waals surface area contributed by atoms with Crippen LogP contribution in [-0.4, -0.2) is 59.8 Å². The predicted molar refractivity (Wildman–Crippen MR) is 107 cm³/mol. The van der Waals surface area contributed by atoms with E-state index >= 15 is 0 Å². The number of carbonyl (C=O) groups excluding carboxylic acids is 4. The number of ether oxygens (including phenoxy) is 2. The van der Waals surface area contributed by atoms with Crippen molar-refractivity contribution < 1.29 is 28.7 Å². The lowest BCUT2D eigenvalue weighted by atomic mass is 10.0. The zero-order chi connectivity index (χ0) is 21.7. The first kappa shape index (κ1) is 21.2. The summed E-state index contributed by atoms with van der Waals surface area (Å²) in [5.41, 5.74) is 0.970. The molecule has 0 N–H and O–H groups in total. The van der Waals surface area contributed by atoms with Crippen molar-refractivity contribution in [3.63, 3.8) is 0 Å². The van der Waals surface area contributed by atoms with Crippen molar-refractivity contribution in [2.75, 3.05) is 13.7 Å². The Bertz CT molecular complexity index is 928. The van der Waals surface area contributed by atoms with E-state index in [0.717, 1.165) is 5.56 Å². The van der Waals surface area contributed by atoms with Gasteiger partial charge in [0.15, 0.2) is 18.1 Å². The van der Waals surface area contributed by atoms with E-state index < -0.39 is 30.0 Å². The van der Waals surface area contributed by atoms with Gasteiger partial charge in [-0.15, -0.1) is 0 Å². The first-order valence-corrected chi connectivity index (χ1v) is 9.44. The molecule has 30 heavy (non-hydrogen) atoms. The molecule has 3 rings (SSSR count). The van der Waals surface area contributed by atoms with Crippen LogP contribution in [0.5, 0.6) is 5.75 Å². The number of urea groups is 1. The molecule has 156 valence electrons. The monoisotopic (exact) mass is 410 g/mol. The fraction of sp³-hybridized carbons (Fsp3) is 0.273. The summed E-state index contributed by atoms with van der Waals surface area (Å²) in [7, 11) is 1.49. The number of carbonyl (C=O) groups is 4. The first-order chi connectivity index (χ1) is 14.5. The van der Waals surface area contributed by atoms with Gasteiger partial charge < -0.3 is 14.3 Å². The molecular formula is C22H22N2O6. The SMILES string of the molecule is CCOC1C(=O)N(C(C=O)C(=O)c2ccc(OC)cc2)C(=O)N1Cc1ccccc1. The molecule has 8 nitrogen and oxygen atoms in total. The van der Waals surface area contributed by atoms with Gasteiger partial charge >= 0.3 is 6.03 Å². The number of methoxy groups -OCH3 is 1. The number of benzene rings is 2. The molecule has 8 heteroatoms. The second-order valence-electron chi connectivity index (χ2n) is 6.59. The average molecular weight is 410 g/mol. The smallest absolute Gasteiger partial charge is 0.330 e. The third-order valence-electron chi connectivity index (χ3n) is 4.75. The van der Waals surface area contributed by atoms with Gasteiger partial charge in [0, 0.05) is 12.2 Å². The molecule has 3 amide bonds. The summed E-state index contributed by atoms with van der Waals surface area (Å²) in [6.45, 7) is 1.98. The van der Waals surface area contributed by atoms with Gasteiger partial charge in [-0.3, -0.25) is 14.5 Å². The number of hydrogen-bond acceptors (Lipinski definition) is 6. The van der Waals surface area contributed by atoms with Gasteiger partial charge in [0.1, 0.15) is 5.75 Å². The molecule has 1 fully saturated rings. The van der Waals surface area contributed by atoms with E-state index in [1.165, 1.54) is 24.1 Å². The van der Waals surface area contributed by atoms with Crippen molar-refractivity contribution in [3.8, 4) is 5.75 Å². The minimum absolute atomic E-state index is 0.106. The topological polar surface area (TPSA) is 93.2 Å².